The number of alkyl halides is 1. The number of halogens is 1. The third-order valence-electron chi connectivity index (χ3n) is 1.84. The predicted octanol–water partition coefficient (Wildman–Crippen LogP) is 3.02. The number of ether oxygens (including phenoxy) is 1. The van der Waals surface area contributed by atoms with E-state index in [-0.39, 0.29) is 6.10 Å². The van der Waals surface area contributed by atoms with E-state index >= 15 is 0 Å². The average Bonchev–Trinajstić information content (AvgIpc) is 2.62. The lowest BCUT2D eigenvalue weighted by atomic mass is 10.3. The minimum Gasteiger partial charge on any atom is -0.375 e. The Labute approximate surface area is 87.9 Å². The van der Waals surface area contributed by atoms with E-state index in [1.807, 2.05) is 6.92 Å². The summed E-state index contributed by atoms with van der Waals surface area (Å²) in [6, 6.07) is 0. The van der Waals surface area contributed by atoms with Crippen molar-refractivity contribution in [3.05, 3.63) is 16.1 Å². The molecule has 2 nitrogen and oxygen atoms in total. The molecule has 0 aliphatic heterocycles. The lowest BCUT2D eigenvalue weighted by Gasteiger charge is -2.03. The molecule has 74 valence electrons. The monoisotopic (exact) mass is 219 g/mol. The maximum absolute atomic E-state index is 5.60. The number of rotatable bonds is 5. The highest BCUT2D eigenvalue weighted by Crippen LogP contribution is 2.20. The zero-order chi connectivity index (χ0) is 9.68. The van der Waals surface area contributed by atoms with Gasteiger partial charge >= 0.3 is 0 Å². The second-order valence-electron chi connectivity index (χ2n) is 2.85. The summed E-state index contributed by atoms with van der Waals surface area (Å²) in [5.74, 6) is 0.701. The van der Waals surface area contributed by atoms with E-state index in [0.717, 1.165) is 23.5 Å². The summed E-state index contributed by atoms with van der Waals surface area (Å²) in [5, 5.41) is 3.13. The standard InChI is InChI=1S/C9H14ClNOS/c1-7(12-2)9-11-8(6-13-9)4-3-5-10/h6-7H,3-5H2,1-2H3. The van der Waals surface area contributed by atoms with Crippen molar-refractivity contribution >= 4 is 22.9 Å². The van der Waals surface area contributed by atoms with Crippen molar-refractivity contribution < 1.29 is 4.74 Å². The molecule has 0 aromatic carbocycles. The molecule has 0 saturated heterocycles. The Morgan fingerprint density at radius 3 is 3.08 bits per heavy atom. The first-order valence-corrected chi connectivity index (χ1v) is 5.72. The van der Waals surface area contributed by atoms with Gasteiger partial charge in [-0.1, -0.05) is 0 Å². The number of thiazole rings is 1. The summed E-state index contributed by atoms with van der Waals surface area (Å²) in [6.45, 7) is 2.00. The van der Waals surface area contributed by atoms with Crippen molar-refractivity contribution in [1.82, 2.24) is 4.98 Å². The van der Waals surface area contributed by atoms with Crippen LogP contribution in [0.3, 0.4) is 0 Å². The molecule has 0 spiro atoms. The molecule has 1 atom stereocenters. The largest absolute Gasteiger partial charge is 0.375 e. The van der Waals surface area contributed by atoms with Crippen LogP contribution in [-0.2, 0) is 11.2 Å². The molecule has 0 fully saturated rings. The van der Waals surface area contributed by atoms with Gasteiger partial charge in [0.05, 0.1) is 5.69 Å². The fourth-order valence-electron chi connectivity index (χ4n) is 0.973. The summed E-state index contributed by atoms with van der Waals surface area (Å²) in [7, 11) is 1.70. The van der Waals surface area contributed by atoms with E-state index in [1.165, 1.54) is 0 Å². The Kier molecular flexibility index (Phi) is 4.70. The summed E-state index contributed by atoms with van der Waals surface area (Å²) in [6.07, 6.45) is 2.07. The minimum absolute atomic E-state index is 0.106. The van der Waals surface area contributed by atoms with E-state index in [9.17, 15) is 0 Å². The van der Waals surface area contributed by atoms with Crippen LogP contribution >= 0.6 is 22.9 Å². The number of aromatic nitrogens is 1. The van der Waals surface area contributed by atoms with Gasteiger partial charge in [0.2, 0.25) is 0 Å². The van der Waals surface area contributed by atoms with Crippen molar-refractivity contribution in [1.29, 1.82) is 0 Å². The SMILES string of the molecule is COC(C)c1nc(CCCCl)cs1. The summed E-state index contributed by atoms with van der Waals surface area (Å²) >= 11 is 7.25. The molecule has 1 aromatic heterocycles. The second-order valence-corrected chi connectivity index (χ2v) is 4.12. The highest BCUT2D eigenvalue weighted by molar-refractivity contribution is 7.09. The Balaban J connectivity index is 2.53. The van der Waals surface area contributed by atoms with Crippen LogP contribution in [0.4, 0.5) is 0 Å². The zero-order valence-corrected chi connectivity index (χ0v) is 9.49. The van der Waals surface area contributed by atoms with E-state index in [1.54, 1.807) is 18.4 Å². The highest BCUT2D eigenvalue weighted by Gasteiger charge is 2.08. The van der Waals surface area contributed by atoms with Crippen LogP contribution in [0.1, 0.15) is 30.2 Å². The fraction of sp³-hybridized carbons (Fsp3) is 0.667. The van der Waals surface area contributed by atoms with Crippen molar-refractivity contribution in [3.8, 4) is 0 Å². The van der Waals surface area contributed by atoms with Crippen molar-refractivity contribution in [3.63, 3.8) is 0 Å². The quantitative estimate of drug-likeness (QED) is 0.711. The van der Waals surface area contributed by atoms with Crippen molar-refractivity contribution in [2.45, 2.75) is 25.9 Å². The van der Waals surface area contributed by atoms with Gasteiger partial charge < -0.3 is 4.74 Å². The van der Waals surface area contributed by atoms with Gasteiger partial charge in [0.25, 0.3) is 0 Å². The highest BCUT2D eigenvalue weighted by atomic mass is 35.5. The molecule has 0 radical (unpaired) electrons. The van der Waals surface area contributed by atoms with Crippen LogP contribution in [-0.4, -0.2) is 18.0 Å². The lowest BCUT2D eigenvalue weighted by Crippen LogP contribution is -1.95. The van der Waals surface area contributed by atoms with Gasteiger partial charge in [-0.3, -0.25) is 0 Å². The number of hydrogen-bond acceptors (Lipinski definition) is 3. The van der Waals surface area contributed by atoms with Gasteiger partial charge in [-0.25, -0.2) is 4.98 Å². The van der Waals surface area contributed by atoms with Gasteiger partial charge in [0.1, 0.15) is 11.1 Å². The molecule has 13 heavy (non-hydrogen) atoms. The lowest BCUT2D eigenvalue weighted by molar-refractivity contribution is 0.119. The average molecular weight is 220 g/mol. The number of methoxy groups -OCH3 is 1. The molecule has 0 N–H and O–H groups in total. The molecule has 4 heteroatoms. The van der Waals surface area contributed by atoms with Gasteiger partial charge in [0, 0.05) is 18.4 Å². The fourth-order valence-corrected chi connectivity index (χ4v) is 1.99. The summed E-state index contributed by atoms with van der Waals surface area (Å²) in [5.41, 5.74) is 1.13. The minimum atomic E-state index is 0.106. The molecule has 1 heterocycles. The summed E-state index contributed by atoms with van der Waals surface area (Å²) in [4.78, 5) is 4.45. The molecule has 0 saturated carbocycles. The van der Waals surface area contributed by atoms with Gasteiger partial charge in [-0.05, 0) is 19.8 Å². The third-order valence-corrected chi connectivity index (χ3v) is 3.16. The molecule has 0 aliphatic carbocycles. The van der Waals surface area contributed by atoms with E-state index < -0.39 is 0 Å². The topological polar surface area (TPSA) is 22.1 Å². The van der Waals surface area contributed by atoms with Crippen LogP contribution in [0.25, 0.3) is 0 Å². The Bertz CT molecular complexity index is 252. The Morgan fingerprint density at radius 1 is 1.69 bits per heavy atom. The molecular weight excluding hydrogens is 206 g/mol. The van der Waals surface area contributed by atoms with Crippen LogP contribution < -0.4 is 0 Å². The van der Waals surface area contributed by atoms with E-state index in [4.69, 9.17) is 16.3 Å². The first kappa shape index (κ1) is 11.0. The predicted molar refractivity (Wildman–Crippen MR) is 56.6 cm³/mol. The van der Waals surface area contributed by atoms with Crippen LogP contribution in [0.15, 0.2) is 5.38 Å². The second kappa shape index (κ2) is 5.58. The molecule has 1 aromatic rings. The Morgan fingerprint density at radius 2 is 2.46 bits per heavy atom. The van der Waals surface area contributed by atoms with Crippen molar-refractivity contribution in [2.24, 2.45) is 0 Å². The number of hydrogen-bond donors (Lipinski definition) is 0. The third kappa shape index (κ3) is 3.25. The zero-order valence-electron chi connectivity index (χ0n) is 7.92. The molecular formula is C9H14ClNOS. The van der Waals surface area contributed by atoms with Gasteiger partial charge in [0.15, 0.2) is 0 Å². The number of aryl methyl sites for hydroxylation is 1. The normalized spacial score (nSPS) is 13.2. The van der Waals surface area contributed by atoms with E-state index in [2.05, 4.69) is 10.4 Å². The summed E-state index contributed by atoms with van der Waals surface area (Å²) < 4.78 is 5.18. The molecule has 0 amide bonds. The maximum atomic E-state index is 5.60. The molecule has 0 aliphatic rings. The molecule has 1 rings (SSSR count). The van der Waals surface area contributed by atoms with Crippen LogP contribution in [0.2, 0.25) is 0 Å². The Hall–Kier alpha value is -0.120. The van der Waals surface area contributed by atoms with Crippen LogP contribution in [0, 0.1) is 0 Å². The van der Waals surface area contributed by atoms with Gasteiger partial charge in [-0.15, -0.1) is 22.9 Å². The molecule has 0 bridgehead atoms. The first-order chi connectivity index (χ1) is 6.27. The first-order valence-electron chi connectivity index (χ1n) is 4.31. The maximum Gasteiger partial charge on any atom is 0.121 e. The molecule has 1 unspecified atom stereocenters. The van der Waals surface area contributed by atoms with Crippen LogP contribution in [0.5, 0.6) is 0 Å². The van der Waals surface area contributed by atoms with E-state index in [0.29, 0.717) is 5.88 Å². The smallest absolute Gasteiger partial charge is 0.121 e. The van der Waals surface area contributed by atoms with Gasteiger partial charge in [-0.2, -0.15) is 0 Å². The van der Waals surface area contributed by atoms with Crippen molar-refractivity contribution in [2.75, 3.05) is 13.0 Å². The number of nitrogens with zero attached hydrogens (tertiary/aromatic N) is 1.